The van der Waals surface area contributed by atoms with Crippen molar-refractivity contribution >= 4 is 27.5 Å². The van der Waals surface area contributed by atoms with Crippen LogP contribution >= 0.6 is 15.9 Å². The van der Waals surface area contributed by atoms with Crippen molar-refractivity contribution in [3.8, 4) is 0 Å². The number of halogens is 1. The summed E-state index contributed by atoms with van der Waals surface area (Å²) in [5.74, 6) is -0.463. The Kier molecular flexibility index (Phi) is 4.59. The highest BCUT2D eigenvalue weighted by Crippen LogP contribution is 2.21. The summed E-state index contributed by atoms with van der Waals surface area (Å²) in [6.07, 6.45) is 0. The number of carbonyl (C=O) groups excluding carboxylic acids is 1. The van der Waals surface area contributed by atoms with E-state index in [1.165, 1.54) is 12.1 Å². The number of hydrogen-bond acceptors (Lipinski definition) is 4. The Morgan fingerprint density at radius 2 is 2.24 bits per heavy atom. The van der Waals surface area contributed by atoms with E-state index in [-0.39, 0.29) is 5.69 Å². The summed E-state index contributed by atoms with van der Waals surface area (Å²) in [4.78, 5) is 21.0. The van der Waals surface area contributed by atoms with E-state index in [1.807, 2.05) is 0 Å². The van der Waals surface area contributed by atoms with Crippen molar-refractivity contribution in [3.05, 3.63) is 38.3 Å². The largest absolute Gasteiger partial charge is 0.368 e. The number of nitro groups is 1. The Morgan fingerprint density at radius 3 is 2.76 bits per heavy atom. The number of rotatable bonds is 5. The van der Waals surface area contributed by atoms with Gasteiger partial charge in [-0.15, -0.1) is 0 Å². The van der Waals surface area contributed by atoms with Gasteiger partial charge in [-0.05, 0) is 18.6 Å². The van der Waals surface area contributed by atoms with Crippen LogP contribution in [0.2, 0.25) is 0 Å². The second-order valence-corrected chi connectivity index (χ2v) is 4.50. The lowest BCUT2D eigenvalue weighted by Crippen LogP contribution is -2.38. The Morgan fingerprint density at radius 1 is 1.59 bits per heavy atom. The van der Waals surface area contributed by atoms with Gasteiger partial charge in [0.15, 0.2) is 0 Å². The van der Waals surface area contributed by atoms with Crippen LogP contribution in [0.5, 0.6) is 0 Å². The number of amides is 1. The molecular formula is C10H12BrN3O3. The fourth-order valence-electron chi connectivity index (χ4n) is 1.21. The molecule has 1 unspecified atom stereocenters. The van der Waals surface area contributed by atoms with E-state index in [4.69, 9.17) is 5.73 Å². The van der Waals surface area contributed by atoms with Crippen LogP contribution in [0, 0.1) is 10.1 Å². The van der Waals surface area contributed by atoms with Gasteiger partial charge in [0, 0.05) is 23.2 Å². The van der Waals surface area contributed by atoms with E-state index >= 15 is 0 Å². The number of carbonyl (C=O) groups is 1. The van der Waals surface area contributed by atoms with Crippen molar-refractivity contribution in [2.24, 2.45) is 5.73 Å². The van der Waals surface area contributed by atoms with Crippen molar-refractivity contribution < 1.29 is 9.72 Å². The zero-order chi connectivity index (χ0) is 13.0. The summed E-state index contributed by atoms with van der Waals surface area (Å²) < 4.78 is 0.621. The van der Waals surface area contributed by atoms with Crippen LogP contribution in [0.1, 0.15) is 12.5 Å². The van der Waals surface area contributed by atoms with E-state index in [0.29, 0.717) is 16.6 Å². The Hall–Kier alpha value is -1.47. The second kappa shape index (κ2) is 5.74. The molecule has 0 heterocycles. The SMILES string of the molecule is CC(NCc1cc(Br)cc([N+](=O)[O-])c1)C(N)=O. The van der Waals surface area contributed by atoms with Gasteiger partial charge < -0.3 is 11.1 Å². The fraction of sp³-hybridized carbons (Fsp3) is 0.300. The highest BCUT2D eigenvalue weighted by atomic mass is 79.9. The molecule has 92 valence electrons. The lowest BCUT2D eigenvalue weighted by atomic mass is 10.2. The van der Waals surface area contributed by atoms with Gasteiger partial charge in [-0.2, -0.15) is 0 Å². The number of nitro benzene ring substituents is 1. The minimum Gasteiger partial charge on any atom is -0.368 e. The lowest BCUT2D eigenvalue weighted by molar-refractivity contribution is -0.385. The summed E-state index contributed by atoms with van der Waals surface area (Å²) in [6.45, 7) is 1.97. The predicted molar refractivity (Wildman–Crippen MR) is 66.3 cm³/mol. The van der Waals surface area contributed by atoms with Crippen molar-refractivity contribution in [2.75, 3.05) is 0 Å². The molecule has 0 aliphatic heterocycles. The molecule has 1 atom stereocenters. The van der Waals surface area contributed by atoms with Crippen molar-refractivity contribution in [2.45, 2.75) is 19.5 Å². The maximum absolute atomic E-state index is 10.8. The van der Waals surface area contributed by atoms with Crippen LogP contribution < -0.4 is 11.1 Å². The third-order valence-electron chi connectivity index (χ3n) is 2.19. The van der Waals surface area contributed by atoms with Gasteiger partial charge in [-0.1, -0.05) is 15.9 Å². The highest BCUT2D eigenvalue weighted by molar-refractivity contribution is 9.10. The molecule has 0 spiro atoms. The predicted octanol–water partition coefficient (Wildman–Crippen LogP) is 1.32. The average molecular weight is 302 g/mol. The molecule has 3 N–H and O–H groups in total. The minimum absolute atomic E-state index is 0.00269. The van der Waals surface area contributed by atoms with Crippen LogP contribution in [0.4, 0.5) is 5.69 Å². The fourth-order valence-corrected chi connectivity index (χ4v) is 1.74. The molecule has 1 aromatic rings. The van der Waals surface area contributed by atoms with E-state index in [1.54, 1.807) is 13.0 Å². The molecule has 1 rings (SSSR count). The first-order chi connectivity index (χ1) is 7.90. The quantitative estimate of drug-likeness (QED) is 0.633. The number of hydrogen-bond donors (Lipinski definition) is 2. The summed E-state index contributed by atoms with van der Waals surface area (Å²) in [5, 5.41) is 13.5. The van der Waals surface area contributed by atoms with Crippen LogP contribution in [0.3, 0.4) is 0 Å². The van der Waals surface area contributed by atoms with E-state index in [0.717, 1.165) is 0 Å². The van der Waals surface area contributed by atoms with Gasteiger partial charge in [0.1, 0.15) is 0 Å². The lowest BCUT2D eigenvalue weighted by Gasteiger charge is -2.10. The highest BCUT2D eigenvalue weighted by Gasteiger charge is 2.11. The van der Waals surface area contributed by atoms with Gasteiger partial charge in [0.25, 0.3) is 5.69 Å². The maximum atomic E-state index is 10.8. The smallest absolute Gasteiger partial charge is 0.270 e. The van der Waals surface area contributed by atoms with Crippen molar-refractivity contribution in [1.82, 2.24) is 5.32 Å². The number of non-ortho nitro benzene ring substituents is 1. The first-order valence-corrected chi connectivity index (χ1v) is 5.66. The summed E-state index contributed by atoms with van der Waals surface area (Å²) in [5.41, 5.74) is 5.80. The van der Waals surface area contributed by atoms with Crippen molar-refractivity contribution in [1.29, 1.82) is 0 Å². The molecule has 17 heavy (non-hydrogen) atoms. The van der Waals surface area contributed by atoms with E-state index < -0.39 is 16.9 Å². The van der Waals surface area contributed by atoms with Crippen LogP contribution in [0.25, 0.3) is 0 Å². The number of benzene rings is 1. The molecular weight excluding hydrogens is 290 g/mol. The third kappa shape index (κ3) is 4.12. The number of primary amides is 1. The molecule has 0 aliphatic carbocycles. The molecule has 0 saturated heterocycles. The monoisotopic (exact) mass is 301 g/mol. The zero-order valence-electron chi connectivity index (χ0n) is 9.14. The summed E-state index contributed by atoms with van der Waals surface area (Å²) >= 11 is 3.19. The van der Waals surface area contributed by atoms with Crippen molar-refractivity contribution in [3.63, 3.8) is 0 Å². The molecule has 0 bridgehead atoms. The number of nitrogens with zero attached hydrogens (tertiary/aromatic N) is 1. The molecule has 6 nitrogen and oxygen atoms in total. The average Bonchev–Trinajstić information content (AvgIpc) is 2.24. The Bertz CT molecular complexity index is 450. The van der Waals surface area contributed by atoms with E-state index in [9.17, 15) is 14.9 Å². The molecule has 0 aliphatic rings. The van der Waals surface area contributed by atoms with Gasteiger partial charge in [0.05, 0.1) is 11.0 Å². The molecule has 0 fully saturated rings. The van der Waals surface area contributed by atoms with Gasteiger partial charge in [-0.25, -0.2) is 0 Å². The topological polar surface area (TPSA) is 98.3 Å². The summed E-state index contributed by atoms with van der Waals surface area (Å²) in [7, 11) is 0. The normalized spacial score (nSPS) is 12.1. The Balaban J connectivity index is 2.78. The van der Waals surface area contributed by atoms with Gasteiger partial charge >= 0.3 is 0 Å². The van der Waals surface area contributed by atoms with Crippen LogP contribution in [0.15, 0.2) is 22.7 Å². The maximum Gasteiger partial charge on any atom is 0.270 e. The molecule has 0 aromatic heterocycles. The van der Waals surface area contributed by atoms with E-state index in [2.05, 4.69) is 21.2 Å². The Labute approximate surface area is 106 Å². The zero-order valence-corrected chi connectivity index (χ0v) is 10.7. The van der Waals surface area contributed by atoms with Gasteiger partial charge in [0.2, 0.25) is 5.91 Å². The summed E-state index contributed by atoms with van der Waals surface area (Å²) in [6, 6.07) is 4.13. The first-order valence-electron chi connectivity index (χ1n) is 4.86. The first kappa shape index (κ1) is 13.6. The number of nitrogens with two attached hydrogens (primary N) is 1. The molecule has 1 aromatic carbocycles. The molecule has 0 radical (unpaired) electrons. The van der Waals surface area contributed by atoms with Crippen LogP contribution in [-0.2, 0) is 11.3 Å². The molecule has 1 amide bonds. The molecule has 0 saturated carbocycles. The van der Waals surface area contributed by atoms with Gasteiger partial charge in [-0.3, -0.25) is 14.9 Å². The van der Waals surface area contributed by atoms with Crippen LogP contribution in [-0.4, -0.2) is 16.9 Å². The minimum atomic E-state index is -0.479. The second-order valence-electron chi connectivity index (χ2n) is 3.58. The third-order valence-corrected chi connectivity index (χ3v) is 2.65. The number of nitrogens with one attached hydrogen (secondary N) is 1. The standard InChI is InChI=1S/C10H12BrN3O3/c1-6(10(12)15)13-5-7-2-8(11)4-9(3-7)14(16)17/h2-4,6,13H,5H2,1H3,(H2,12,15). The molecule has 7 heteroatoms.